The van der Waals surface area contributed by atoms with Crippen molar-refractivity contribution < 1.29 is 23.1 Å². The monoisotopic (exact) mass is 480 g/mol. The Balaban J connectivity index is 2.23. The summed E-state index contributed by atoms with van der Waals surface area (Å²) in [6.45, 7) is 10.3. The minimum atomic E-state index is -2.77. The van der Waals surface area contributed by atoms with E-state index >= 15 is 0 Å². The van der Waals surface area contributed by atoms with Crippen LogP contribution in [0.5, 0.6) is 0 Å². The Morgan fingerprint density at radius 1 is 1.26 bits per heavy atom. The summed E-state index contributed by atoms with van der Waals surface area (Å²) in [6, 6.07) is 7.21. The van der Waals surface area contributed by atoms with Crippen LogP contribution in [-0.2, 0) is 4.79 Å². The molecule has 0 aliphatic carbocycles. The van der Waals surface area contributed by atoms with Crippen molar-refractivity contribution in [3.63, 3.8) is 0 Å². The Bertz CT molecular complexity index is 1420. The van der Waals surface area contributed by atoms with Crippen LogP contribution in [0.1, 0.15) is 48.7 Å². The van der Waals surface area contributed by atoms with Crippen LogP contribution in [0.3, 0.4) is 0 Å². The number of hydrogen-bond acceptors (Lipinski definition) is 5. The number of allylic oxidation sites excluding steroid dienone is 3. The second-order valence-corrected chi connectivity index (χ2v) is 8.17. The highest BCUT2D eigenvalue weighted by Gasteiger charge is 2.21. The molecule has 6 nitrogen and oxygen atoms in total. The molecule has 0 bridgehead atoms. The zero-order valence-corrected chi connectivity index (χ0v) is 19.9. The Morgan fingerprint density at radius 2 is 1.97 bits per heavy atom. The summed E-state index contributed by atoms with van der Waals surface area (Å²) in [5.74, 6) is -0.983. The number of carboxylic acid groups (broad SMARTS) is 1. The number of alkyl halides is 2. The van der Waals surface area contributed by atoms with Crippen LogP contribution in [0.25, 0.3) is 22.4 Å². The molecule has 182 valence electrons. The van der Waals surface area contributed by atoms with Gasteiger partial charge in [0, 0.05) is 16.8 Å². The fraction of sp³-hybridized carbons (Fsp3) is 0.222. The topological polar surface area (TPSA) is 92.4 Å². The summed E-state index contributed by atoms with van der Waals surface area (Å²) in [4.78, 5) is 28.8. The van der Waals surface area contributed by atoms with Crippen molar-refractivity contribution >= 4 is 16.9 Å². The Hall–Kier alpha value is -4.07. The van der Waals surface area contributed by atoms with E-state index in [1.165, 1.54) is 31.2 Å². The van der Waals surface area contributed by atoms with Crippen LogP contribution in [0.2, 0.25) is 0 Å². The van der Waals surface area contributed by atoms with Gasteiger partial charge in [-0.2, -0.15) is 0 Å². The number of fused-ring (bicyclic) bond motifs is 1. The summed E-state index contributed by atoms with van der Waals surface area (Å²) >= 11 is 0. The molecule has 0 aliphatic heterocycles. The fourth-order valence-corrected chi connectivity index (χ4v) is 3.70. The number of nitrogens with zero attached hydrogens (tertiary/aromatic N) is 1. The summed E-state index contributed by atoms with van der Waals surface area (Å²) in [5, 5.41) is 13.0. The number of halogens is 2. The van der Waals surface area contributed by atoms with Gasteiger partial charge in [0.1, 0.15) is 17.0 Å². The number of hydrogen-bond donors (Lipinski definition) is 2. The number of aryl methyl sites for hydroxylation is 1. The SMILES string of the molecule is C=C/C=C\C(NC(C)c1cc(C)cc2c(=O)c(C)c(-c3cccc(C(F)F)n3)oc12)=C(/C)C(=O)O. The first kappa shape index (κ1) is 25.6. The van der Waals surface area contributed by atoms with Crippen molar-refractivity contribution in [2.75, 3.05) is 0 Å². The second-order valence-electron chi connectivity index (χ2n) is 8.17. The largest absolute Gasteiger partial charge is 0.478 e. The van der Waals surface area contributed by atoms with Crippen molar-refractivity contribution in [2.24, 2.45) is 0 Å². The first-order valence-electron chi connectivity index (χ1n) is 10.9. The van der Waals surface area contributed by atoms with Crippen molar-refractivity contribution in [3.8, 4) is 11.5 Å². The van der Waals surface area contributed by atoms with Gasteiger partial charge in [0.05, 0.1) is 17.0 Å². The maximum Gasteiger partial charge on any atom is 0.333 e. The highest BCUT2D eigenvalue weighted by atomic mass is 19.3. The molecule has 0 aliphatic rings. The molecule has 0 spiro atoms. The number of aliphatic carboxylic acids is 1. The van der Waals surface area contributed by atoms with E-state index in [1.54, 1.807) is 32.1 Å². The number of carboxylic acids is 1. The predicted octanol–water partition coefficient (Wildman–Crippen LogP) is 6.16. The van der Waals surface area contributed by atoms with Crippen molar-refractivity contribution in [1.29, 1.82) is 0 Å². The predicted molar refractivity (Wildman–Crippen MR) is 131 cm³/mol. The average molecular weight is 481 g/mol. The maximum absolute atomic E-state index is 13.3. The molecule has 0 saturated heterocycles. The van der Waals surface area contributed by atoms with Crippen LogP contribution >= 0.6 is 0 Å². The van der Waals surface area contributed by atoms with E-state index in [9.17, 15) is 23.5 Å². The van der Waals surface area contributed by atoms with E-state index in [-0.39, 0.29) is 33.6 Å². The fourth-order valence-electron chi connectivity index (χ4n) is 3.70. The highest BCUT2D eigenvalue weighted by molar-refractivity contribution is 5.87. The van der Waals surface area contributed by atoms with Crippen LogP contribution in [-0.4, -0.2) is 16.1 Å². The number of aromatic nitrogens is 1. The van der Waals surface area contributed by atoms with Crippen molar-refractivity contribution in [3.05, 3.63) is 99.0 Å². The summed E-state index contributed by atoms with van der Waals surface area (Å²) in [6.07, 6.45) is 1.96. The Labute approximate surface area is 201 Å². The van der Waals surface area contributed by atoms with Gasteiger partial charge < -0.3 is 14.8 Å². The number of benzene rings is 1. The molecule has 0 saturated carbocycles. The maximum atomic E-state index is 13.3. The number of rotatable bonds is 8. The molecule has 2 N–H and O–H groups in total. The number of nitrogens with one attached hydrogen (secondary N) is 1. The van der Waals surface area contributed by atoms with Gasteiger partial charge in [-0.25, -0.2) is 18.6 Å². The molecule has 3 rings (SSSR count). The van der Waals surface area contributed by atoms with Crippen LogP contribution < -0.4 is 10.7 Å². The molecule has 1 aromatic carbocycles. The molecule has 0 fully saturated rings. The third-order valence-electron chi connectivity index (χ3n) is 5.58. The van der Waals surface area contributed by atoms with Crippen molar-refractivity contribution in [2.45, 2.75) is 40.2 Å². The zero-order chi connectivity index (χ0) is 25.9. The summed E-state index contributed by atoms with van der Waals surface area (Å²) in [5.41, 5.74) is 1.80. The molecule has 2 heterocycles. The molecular formula is C27H26F2N2O4. The Kier molecular flexibility index (Phi) is 7.64. The van der Waals surface area contributed by atoms with Gasteiger partial charge in [0.15, 0.2) is 11.2 Å². The van der Waals surface area contributed by atoms with E-state index in [4.69, 9.17) is 4.42 Å². The lowest BCUT2D eigenvalue weighted by atomic mass is 9.99. The van der Waals surface area contributed by atoms with Crippen LogP contribution in [0, 0.1) is 13.8 Å². The summed E-state index contributed by atoms with van der Waals surface area (Å²) < 4.78 is 32.6. The van der Waals surface area contributed by atoms with E-state index in [0.717, 1.165) is 5.56 Å². The third-order valence-corrected chi connectivity index (χ3v) is 5.58. The lowest BCUT2D eigenvalue weighted by Crippen LogP contribution is -2.21. The van der Waals surface area contributed by atoms with Gasteiger partial charge in [-0.15, -0.1) is 0 Å². The minimum absolute atomic E-state index is 0.0953. The molecule has 35 heavy (non-hydrogen) atoms. The molecule has 0 radical (unpaired) electrons. The molecule has 0 amide bonds. The lowest BCUT2D eigenvalue weighted by molar-refractivity contribution is -0.132. The molecule has 3 aromatic rings. The third kappa shape index (κ3) is 5.37. The number of carbonyl (C=O) groups is 1. The number of pyridine rings is 1. The Morgan fingerprint density at radius 3 is 2.60 bits per heavy atom. The van der Waals surface area contributed by atoms with Crippen molar-refractivity contribution in [1.82, 2.24) is 10.3 Å². The second kappa shape index (κ2) is 10.5. The van der Waals surface area contributed by atoms with Gasteiger partial charge in [-0.05, 0) is 57.5 Å². The highest BCUT2D eigenvalue weighted by Crippen LogP contribution is 2.31. The van der Waals surface area contributed by atoms with E-state index in [2.05, 4.69) is 16.9 Å². The van der Waals surface area contributed by atoms with Crippen LogP contribution in [0.15, 0.2) is 75.6 Å². The molecular weight excluding hydrogens is 454 g/mol. The minimum Gasteiger partial charge on any atom is -0.478 e. The molecule has 8 heteroatoms. The normalized spacial score (nSPS) is 13.2. The van der Waals surface area contributed by atoms with E-state index in [1.807, 2.05) is 13.0 Å². The molecule has 1 atom stereocenters. The van der Waals surface area contributed by atoms with Gasteiger partial charge >= 0.3 is 5.97 Å². The first-order chi connectivity index (χ1) is 16.5. The van der Waals surface area contributed by atoms with E-state index in [0.29, 0.717) is 16.6 Å². The quantitative estimate of drug-likeness (QED) is 0.296. The van der Waals surface area contributed by atoms with E-state index < -0.39 is 24.1 Å². The molecule has 2 aromatic heterocycles. The first-order valence-corrected chi connectivity index (χ1v) is 10.9. The summed E-state index contributed by atoms with van der Waals surface area (Å²) in [7, 11) is 0. The van der Waals surface area contributed by atoms with Gasteiger partial charge in [0.2, 0.25) is 0 Å². The molecule has 1 unspecified atom stereocenters. The average Bonchev–Trinajstić information content (AvgIpc) is 2.83. The van der Waals surface area contributed by atoms with Crippen LogP contribution in [0.4, 0.5) is 8.78 Å². The standard InChI is InChI=1S/C27H26F2N2O4/c1-6-7-9-20(15(3)27(33)34)30-17(5)18-12-14(2)13-19-23(32)16(4)24(35-25(18)19)21-10-8-11-22(31-21)26(28)29/h6-13,17,26,30H,1H2,2-5H3,(H,33,34)/b9-7-,20-15-. The smallest absolute Gasteiger partial charge is 0.333 e. The lowest BCUT2D eigenvalue weighted by Gasteiger charge is -2.20. The van der Waals surface area contributed by atoms with Gasteiger partial charge in [-0.1, -0.05) is 30.9 Å². The van der Waals surface area contributed by atoms with Gasteiger partial charge in [0.25, 0.3) is 6.43 Å². The van der Waals surface area contributed by atoms with Gasteiger partial charge in [-0.3, -0.25) is 4.79 Å². The zero-order valence-electron chi connectivity index (χ0n) is 19.9.